The van der Waals surface area contributed by atoms with Crippen molar-refractivity contribution >= 4 is 90.2 Å². The summed E-state index contributed by atoms with van der Waals surface area (Å²) in [5.74, 6) is 0. The summed E-state index contributed by atoms with van der Waals surface area (Å²) in [6, 6.07) is 67.6. The van der Waals surface area contributed by atoms with Gasteiger partial charge in [0, 0.05) is 55.7 Å². The van der Waals surface area contributed by atoms with Gasteiger partial charge in [-0.2, -0.15) is 0 Å². The minimum atomic E-state index is 0.866. The van der Waals surface area contributed by atoms with Crippen molar-refractivity contribution in [2.75, 3.05) is 9.80 Å². The normalized spacial score (nSPS) is 11.6. The number of fused-ring (bicyclic) bond motifs is 6. The van der Waals surface area contributed by atoms with Crippen LogP contribution in [0, 0.1) is 0 Å². The molecule has 2 aromatic heterocycles. The van der Waals surface area contributed by atoms with Crippen molar-refractivity contribution in [2.45, 2.75) is 0 Å². The highest BCUT2D eigenvalue weighted by Crippen LogP contribution is 2.40. The predicted octanol–water partition coefficient (Wildman–Crippen LogP) is 14.6. The van der Waals surface area contributed by atoms with Crippen LogP contribution in [-0.4, -0.2) is 0 Å². The molecular formula is C50H34N2O2. The van der Waals surface area contributed by atoms with Gasteiger partial charge in [0.25, 0.3) is 0 Å². The standard InChI is InChI=1S/C50H34N2O2/c1-5-13-37(14-6-1)51(38-15-7-2-8-16-38)41-25-29-49-45(33-41)43-31-35(23-27-47(43)53-49)21-22-36-24-28-48-44(32-36)46-34-42(26-30-50(46)54-48)52(39-17-9-3-10-18-39)40-19-11-4-12-20-40/h1-34H/b22-21+. The van der Waals surface area contributed by atoms with Crippen LogP contribution in [0.3, 0.4) is 0 Å². The van der Waals surface area contributed by atoms with E-state index >= 15 is 0 Å². The number of hydrogen-bond acceptors (Lipinski definition) is 4. The van der Waals surface area contributed by atoms with Crippen LogP contribution in [0.2, 0.25) is 0 Å². The Kier molecular flexibility index (Phi) is 7.77. The Morgan fingerprint density at radius 2 is 0.574 bits per heavy atom. The van der Waals surface area contributed by atoms with Crippen LogP contribution in [0.15, 0.2) is 203 Å². The summed E-state index contributed by atoms with van der Waals surface area (Å²) in [7, 11) is 0. The van der Waals surface area contributed by atoms with E-state index in [1.165, 1.54) is 0 Å². The molecule has 0 N–H and O–H groups in total. The van der Waals surface area contributed by atoms with Crippen LogP contribution in [0.25, 0.3) is 56.0 Å². The van der Waals surface area contributed by atoms with Crippen molar-refractivity contribution < 1.29 is 8.83 Å². The highest BCUT2D eigenvalue weighted by atomic mass is 16.3. The highest BCUT2D eigenvalue weighted by molar-refractivity contribution is 6.09. The molecule has 0 fully saturated rings. The number of para-hydroxylation sites is 4. The van der Waals surface area contributed by atoms with Crippen molar-refractivity contribution in [3.05, 3.63) is 205 Å². The Balaban J connectivity index is 1.01. The molecule has 8 aromatic carbocycles. The van der Waals surface area contributed by atoms with Crippen molar-refractivity contribution in [2.24, 2.45) is 0 Å². The average molecular weight is 695 g/mol. The Morgan fingerprint density at radius 3 is 0.907 bits per heavy atom. The van der Waals surface area contributed by atoms with Gasteiger partial charge in [0.05, 0.1) is 0 Å². The van der Waals surface area contributed by atoms with E-state index in [-0.39, 0.29) is 0 Å². The highest BCUT2D eigenvalue weighted by Gasteiger charge is 2.17. The second-order valence-electron chi connectivity index (χ2n) is 13.4. The lowest BCUT2D eigenvalue weighted by Gasteiger charge is -2.25. The summed E-state index contributed by atoms with van der Waals surface area (Å²) in [6.45, 7) is 0. The van der Waals surface area contributed by atoms with E-state index in [1.54, 1.807) is 0 Å². The first-order valence-corrected chi connectivity index (χ1v) is 18.2. The lowest BCUT2D eigenvalue weighted by molar-refractivity contribution is 0.668. The number of nitrogens with zero attached hydrogens (tertiary/aromatic N) is 2. The van der Waals surface area contributed by atoms with Gasteiger partial charge >= 0.3 is 0 Å². The molecule has 54 heavy (non-hydrogen) atoms. The molecule has 10 aromatic rings. The zero-order valence-corrected chi connectivity index (χ0v) is 29.3. The molecule has 4 nitrogen and oxygen atoms in total. The predicted molar refractivity (Wildman–Crippen MR) is 226 cm³/mol. The van der Waals surface area contributed by atoms with Gasteiger partial charge in [-0.15, -0.1) is 0 Å². The molecule has 0 spiro atoms. The Morgan fingerprint density at radius 1 is 0.278 bits per heavy atom. The van der Waals surface area contributed by atoms with E-state index < -0.39 is 0 Å². The van der Waals surface area contributed by atoms with Crippen molar-refractivity contribution in [3.63, 3.8) is 0 Å². The maximum atomic E-state index is 6.32. The van der Waals surface area contributed by atoms with Gasteiger partial charge in [-0.05, 0) is 120 Å². The SMILES string of the molecule is C(=C\c1ccc2oc3ccc(N(c4ccccc4)c4ccccc4)cc3c2c1)/c1ccc2oc3ccc(N(c4ccccc4)c4ccccc4)cc3c2c1. The molecule has 0 amide bonds. The molecule has 0 aliphatic carbocycles. The molecule has 0 unspecified atom stereocenters. The second-order valence-corrected chi connectivity index (χ2v) is 13.4. The Labute approximate surface area is 313 Å². The van der Waals surface area contributed by atoms with Gasteiger partial charge in [-0.1, -0.05) is 97.1 Å². The maximum absolute atomic E-state index is 6.32. The van der Waals surface area contributed by atoms with E-state index in [9.17, 15) is 0 Å². The number of benzene rings is 8. The maximum Gasteiger partial charge on any atom is 0.135 e. The summed E-state index contributed by atoms with van der Waals surface area (Å²) in [4.78, 5) is 4.56. The summed E-state index contributed by atoms with van der Waals surface area (Å²) in [5.41, 5.74) is 12.2. The lowest BCUT2D eigenvalue weighted by atomic mass is 10.1. The van der Waals surface area contributed by atoms with Gasteiger partial charge < -0.3 is 18.6 Å². The number of furan rings is 2. The van der Waals surface area contributed by atoms with Crippen molar-refractivity contribution in [1.82, 2.24) is 0 Å². The zero-order chi connectivity index (χ0) is 35.8. The third kappa shape index (κ3) is 5.76. The molecule has 10 rings (SSSR count). The molecule has 0 aliphatic rings. The zero-order valence-electron chi connectivity index (χ0n) is 29.3. The largest absolute Gasteiger partial charge is 0.456 e. The minimum absolute atomic E-state index is 0.866. The third-order valence-corrected chi connectivity index (χ3v) is 10.00. The minimum Gasteiger partial charge on any atom is -0.456 e. The molecule has 0 aliphatic heterocycles. The summed E-state index contributed by atoms with van der Waals surface area (Å²) in [5, 5.41) is 4.33. The summed E-state index contributed by atoms with van der Waals surface area (Å²) in [6.07, 6.45) is 4.34. The molecule has 256 valence electrons. The smallest absolute Gasteiger partial charge is 0.135 e. The summed E-state index contributed by atoms with van der Waals surface area (Å²) >= 11 is 0. The van der Waals surface area contributed by atoms with E-state index in [0.717, 1.165) is 89.1 Å². The first-order chi connectivity index (χ1) is 26.7. The molecule has 4 heteroatoms. The molecule has 0 saturated carbocycles. The second kappa shape index (κ2) is 13.4. The molecule has 0 radical (unpaired) electrons. The fraction of sp³-hybridized carbons (Fsp3) is 0. The Bertz CT molecular complexity index is 2650. The molecule has 0 atom stereocenters. The number of rotatable bonds is 8. The van der Waals surface area contributed by atoms with E-state index in [2.05, 4.69) is 192 Å². The van der Waals surface area contributed by atoms with Crippen molar-refractivity contribution in [1.29, 1.82) is 0 Å². The van der Waals surface area contributed by atoms with Gasteiger partial charge in [0.1, 0.15) is 22.3 Å². The number of hydrogen-bond donors (Lipinski definition) is 0. The van der Waals surface area contributed by atoms with Crippen LogP contribution in [0.4, 0.5) is 34.1 Å². The third-order valence-electron chi connectivity index (χ3n) is 10.00. The van der Waals surface area contributed by atoms with Crippen LogP contribution in [0.1, 0.15) is 11.1 Å². The average Bonchev–Trinajstić information content (AvgIpc) is 3.79. The van der Waals surface area contributed by atoms with Gasteiger partial charge in [-0.3, -0.25) is 0 Å². The van der Waals surface area contributed by atoms with E-state index in [4.69, 9.17) is 8.83 Å². The van der Waals surface area contributed by atoms with Gasteiger partial charge in [0.2, 0.25) is 0 Å². The van der Waals surface area contributed by atoms with Crippen LogP contribution in [0.5, 0.6) is 0 Å². The lowest BCUT2D eigenvalue weighted by Crippen LogP contribution is -2.09. The number of anilines is 6. The first kappa shape index (κ1) is 31.4. The first-order valence-electron chi connectivity index (χ1n) is 18.2. The van der Waals surface area contributed by atoms with Crippen LogP contribution >= 0.6 is 0 Å². The van der Waals surface area contributed by atoms with Gasteiger partial charge in [0.15, 0.2) is 0 Å². The van der Waals surface area contributed by atoms with Gasteiger partial charge in [-0.25, -0.2) is 0 Å². The van der Waals surface area contributed by atoms with E-state index in [0.29, 0.717) is 0 Å². The topological polar surface area (TPSA) is 32.8 Å². The quantitative estimate of drug-likeness (QED) is 0.148. The Hall–Kier alpha value is -7.30. The molecular weight excluding hydrogens is 661 g/mol. The van der Waals surface area contributed by atoms with Crippen molar-refractivity contribution in [3.8, 4) is 0 Å². The fourth-order valence-corrected chi connectivity index (χ4v) is 7.45. The monoisotopic (exact) mass is 694 g/mol. The fourth-order valence-electron chi connectivity index (χ4n) is 7.45. The molecule has 0 saturated heterocycles. The van der Waals surface area contributed by atoms with E-state index in [1.807, 2.05) is 24.3 Å². The van der Waals surface area contributed by atoms with Crippen LogP contribution in [-0.2, 0) is 0 Å². The molecule has 2 heterocycles. The molecule has 0 bridgehead atoms. The van der Waals surface area contributed by atoms with Crippen LogP contribution < -0.4 is 9.80 Å². The summed E-state index contributed by atoms with van der Waals surface area (Å²) < 4.78 is 12.6.